The molecule has 0 aliphatic rings. The van der Waals surface area contributed by atoms with Gasteiger partial charge in [-0.2, -0.15) is 5.10 Å². The van der Waals surface area contributed by atoms with Crippen molar-refractivity contribution < 1.29 is 9.21 Å². The number of nitrogens with zero attached hydrogens (tertiary/aromatic N) is 1. The zero-order valence-corrected chi connectivity index (χ0v) is 11.7. The molecular weight excluding hydrogens is 274 g/mol. The van der Waals surface area contributed by atoms with Crippen molar-refractivity contribution in [2.75, 3.05) is 0 Å². The Morgan fingerprint density at radius 3 is 3.10 bits per heavy atom. The lowest BCUT2D eigenvalue weighted by Gasteiger charge is -2.01. The lowest BCUT2D eigenvalue weighted by molar-refractivity contribution is 0.0946. The first-order chi connectivity index (χ1) is 9.74. The first-order valence-electron chi connectivity index (χ1n) is 6.14. The molecule has 0 saturated heterocycles. The van der Waals surface area contributed by atoms with Crippen LogP contribution >= 0.6 is 11.3 Å². The van der Waals surface area contributed by atoms with Crippen LogP contribution in [-0.4, -0.2) is 16.1 Å². The van der Waals surface area contributed by atoms with Crippen molar-refractivity contribution in [1.29, 1.82) is 0 Å². The molecule has 2 N–H and O–H groups in total. The molecule has 0 radical (unpaired) electrons. The van der Waals surface area contributed by atoms with Crippen LogP contribution in [0.1, 0.15) is 20.9 Å². The van der Waals surface area contributed by atoms with Gasteiger partial charge in [-0.05, 0) is 36.1 Å². The maximum atomic E-state index is 12.0. The van der Waals surface area contributed by atoms with E-state index in [0.29, 0.717) is 23.7 Å². The van der Waals surface area contributed by atoms with Crippen LogP contribution in [0.5, 0.6) is 0 Å². The molecule has 0 bridgehead atoms. The van der Waals surface area contributed by atoms with Crippen molar-refractivity contribution in [3.63, 3.8) is 0 Å². The molecule has 1 amide bonds. The Kier molecular flexibility index (Phi) is 3.39. The molecule has 0 atom stereocenters. The van der Waals surface area contributed by atoms with E-state index in [1.54, 1.807) is 29.7 Å². The molecule has 3 aromatic rings. The molecule has 3 rings (SSSR count). The number of amides is 1. The molecule has 3 heterocycles. The van der Waals surface area contributed by atoms with Crippen molar-refractivity contribution in [1.82, 2.24) is 15.5 Å². The maximum absolute atomic E-state index is 12.0. The number of aromatic amines is 1. The van der Waals surface area contributed by atoms with Gasteiger partial charge in [-0.3, -0.25) is 9.89 Å². The quantitative estimate of drug-likeness (QED) is 0.775. The van der Waals surface area contributed by atoms with Gasteiger partial charge in [0.05, 0.1) is 12.8 Å². The highest BCUT2D eigenvalue weighted by atomic mass is 32.1. The molecule has 20 heavy (non-hydrogen) atoms. The Labute approximate surface area is 119 Å². The van der Waals surface area contributed by atoms with E-state index in [1.165, 1.54) is 5.56 Å². The Morgan fingerprint density at radius 2 is 2.40 bits per heavy atom. The predicted octanol–water partition coefficient (Wildman–Crippen LogP) is 2.97. The van der Waals surface area contributed by atoms with Crippen LogP contribution < -0.4 is 5.32 Å². The summed E-state index contributed by atoms with van der Waals surface area (Å²) in [4.78, 5) is 13.2. The largest absolute Gasteiger partial charge is 0.463 e. The van der Waals surface area contributed by atoms with Gasteiger partial charge in [-0.1, -0.05) is 0 Å². The van der Waals surface area contributed by atoms with Gasteiger partial charge in [0.2, 0.25) is 0 Å². The van der Waals surface area contributed by atoms with Crippen molar-refractivity contribution in [3.8, 4) is 11.5 Å². The van der Waals surface area contributed by atoms with Crippen molar-refractivity contribution >= 4 is 17.2 Å². The Hall–Kier alpha value is -2.34. The summed E-state index contributed by atoms with van der Waals surface area (Å²) in [6.45, 7) is 2.55. The molecule has 5 nitrogen and oxygen atoms in total. The summed E-state index contributed by atoms with van der Waals surface area (Å²) < 4.78 is 5.25. The number of rotatable bonds is 4. The minimum absolute atomic E-state index is 0.202. The molecular formula is C14H13N3O2S. The number of nitrogens with one attached hydrogen (secondary N) is 2. The third-order valence-electron chi connectivity index (χ3n) is 2.97. The summed E-state index contributed by atoms with van der Waals surface area (Å²) in [7, 11) is 0. The standard InChI is InChI=1S/C14H13N3O2S/c1-9-4-6-20-13(9)8-15-14(18)11-7-10(16-17-11)12-3-2-5-19-12/h2-7H,8H2,1H3,(H,15,18)(H,16,17). The zero-order chi connectivity index (χ0) is 13.9. The fourth-order valence-electron chi connectivity index (χ4n) is 1.83. The van der Waals surface area contributed by atoms with Crippen molar-refractivity contribution in [2.45, 2.75) is 13.5 Å². The Bertz CT molecular complexity index is 712. The van der Waals surface area contributed by atoms with E-state index in [4.69, 9.17) is 4.42 Å². The van der Waals surface area contributed by atoms with Crippen molar-refractivity contribution in [3.05, 3.63) is 52.0 Å². The third-order valence-corrected chi connectivity index (χ3v) is 4.00. The molecule has 0 aromatic carbocycles. The first-order valence-corrected chi connectivity index (χ1v) is 7.02. The molecule has 0 aliphatic heterocycles. The second-order valence-electron chi connectivity index (χ2n) is 4.35. The molecule has 3 aromatic heterocycles. The number of carbonyl (C=O) groups excluding carboxylic acids is 1. The van der Waals surface area contributed by atoms with Crippen LogP contribution in [0.4, 0.5) is 0 Å². The average molecular weight is 287 g/mol. The minimum Gasteiger partial charge on any atom is -0.463 e. The lowest BCUT2D eigenvalue weighted by Crippen LogP contribution is -2.22. The van der Waals surface area contributed by atoms with Crippen LogP contribution in [0, 0.1) is 6.92 Å². The fourth-order valence-corrected chi connectivity index (χ4v) is 2.68. The number of carbonyl (C=O) groups is 1. The van der Waals surface area contributed by atoms with Crippen LogP contribution in [0.25, 0.3) is 11.5 Å². The number of thiophene rings is 1. The molecule has 0 aliphatic carbocycles. The highest BCUT2D eigenvalue weighted by molar-refractivity contribution is 7.10. The van der Waals surface area contributed by atoms with Gasteiger partial charge in [0.25, 0.3) is 5.91 Å². The zero-order valence-electron chi connectivity index (χ0n) is 10.8. The van der Waals surface area contributed by atoms with Gasteiger partial charge in [-0.25, -0.2) is 0 Å². The SMILES string of the molecule is Cc1ccsc1CNC(=O)c1cc(-c2ccco2)[nH]n1. The summed E-state index contributed by atoms with van der Waals surface area (Å²) in [5.41, 5.74) is 2.23. The van der Waals surface area contributed by atoms with Crippen molar-refractivity contribution in [2.24, 2.45) is 0 Å². The van der Waals surface area contributed by atoms with E-state index in [-0.39, 0.29) is 5.91 Å². The first kappa shape index (κ1) is 12.7. The van der Waals surface area contributed by atoms with Crippen LogP contribution in [-0.2, 0) is 6.54 Å². The molecule has 102 valence electrons. The summed E-state index contributed by atoms with van der Waals surface area (Å²) in [5.74, 6) is 0.456. The number of aryl methyl sites for hydroxylation is 1. The second-order valence-corrected chi connectivity index (χ2v) is 5.35. The van der Waals surface area contributed by atoms with Crippen LogP contribution in [0.15, 0.2) is 40.3 Å². The Balaban J connectivity index is 1.67. The van der Waals surface area contributed by atoms with Gasteiger partial charge in [0.15, 0.2) is 11.5 Å². The minimum atomic E-state index is -0.202. The second kappa shape index (κ2) is 5.34. The van der Waals surface area contributed by atoms with Gasteiger partial charge in [-0.15, -0.1) is 11.3 Å². The summed E-state index contributed by atoms with van der Waals surface area (Å²) >= 11 is 1.63. The molecule has 0 saturated carbocycles. The highest BCUT2D eigenvalue weighted by Crippen LogP contribution is 2.18. The van der Waals surface area contributed by atoms with Gasteiger partial charge in [0, 0.05) is 10.9 Å². The van der Waals surface area contributed by atoms with Gasteiger partial charge in [0.1, 0.15) is 5.69 Å². The number of furan rings is 1. The van der Waals surface area contributed by atoms with E-state index < -0.39 is 0 Å². The van der Waals surface area contributed by atoms with Gasteiger partial charge < -0.3 is 9.73 Å². The van der Waals surface area contributed by atoms with Gasteiger partial charge >= 0.3 is 0 Å². The van der Waals surface area contributed by atoms with E-state index in [1.807, 2.05) is 24.4 Å². The van der Waals surface area contributed by atoms with Crippen LogP contribution in [0.2, 0.25) is 0 Å². The number of aromatic nitrogens is 2. The maximum Gasteiger partial charge on any atom is 0.272 e. The summed E-state index contributed by atoms with van der Waals surface area (Å²) in [6.07, 6.45) is 1.58. The summed E-state index contributed by atoms with van der Waals surface area (Å²) in [5, 5.41) is 11.7. The predicted molar refractivity (Wildman–Crippen MR) is 76.5 cm³/mol. The van der Waals surface area contributed by atoms with E-state index >= 15 is 0 Å². The lowest BCUT2D eigenvalue weighted by atomic mass is 10.2. The number of H-pyrrole nitrogens is 1. The monoisotopic (exact) mass is 287 g/mol. The number of hydrogen-bond acceptors (Lipinski definition) is 4. The normalized spacial score (nSPS) is 10.7. The van der Waals surface area contributed by atoms with E-state index in [2.05, 4.69) is 15.5 Å². The highest BCUT2D eigenvalue weighted by Gasteiger charge is 2.12. The summed E-state index contributed by atoms with van der Waals surface area (Å²) in [6, 6.07) is 7.31. The number of hydrogen-bond donors (Lipinski definition) is 2. The smallest absolute Gasteiger partial charge is 0.272 e. The molecule has 0 unspecified atom stereocenters. The van der Waals surface area contributed by atoms with E-state index in [0.717, 1.165) is 4.88 Å². The fraction of sp³-hybridized carbons (Fsp3) is 0.143. The molecule has 0 fully saturated rings. The van der Waals surface area contributed by atoms with Crippen LogP contribution in [0.3, 0.4) is 0 Å². The average Bonchev–Trinajstić information content (AvgIpc) is 3.17. The van der Waals surface area contributed by atoms with E-state index in [9.17, 15) is 4.79 Å². The Morgan fingerprint density at radius 1 is 1.50 bits per heavy atom. The molecule has 0 spiro atoms. The molecule has 6 heteroatoms. The third kappa shape index (κ3) is 2.50. The topological polar surface area (TPSA) is 70.9 Å².